The number of carbonyl (C=O) groups is 1. The van der Waals surface area contributed by atoms with Crippen molar-refractivity contribution in [1.82, 2.24) is 10.3 Å². The van der Waals surface area contributed by atoms with E-state index in [2.05, 4.69) is 26.2 Å². The van der Waals surface area contributed by atoms with Gasteiger partial charge in [0.15, 0.2) is 0 Å². The molecule has 1 saturated carbocycles. The van der Waals surface area contributed by atoms with Crippen molar-refractivity contribution in [2.45, 2.75) is 31.7 Å². The van der Waals surface area contributed by atoms with Crippen molar-refractivity contribution in [1.29, 1.82) is 0 Å². The Bertz CT molecular complexity index is 379. The Morgan fingerprint density at radius 1 is 1.56 bits per heavy atom. The maximum atomic E-state index is 12.0. The largest absolute Gasteiger partial charge is 0.346 e. The highest BCUT2D eigenvalue weighted by molar-refractivity contribution is 9.09. The third-order valence-corrected chi connectivity index (χ3v) is 4.19. The lowest BCUT2D eigenvalue weighted by molar-refractivity contribution is 0.0856. The monoisotopic (exact) mass is 282 g/mol. The molecule has 86 valence electrons. The fraction of sp³-hybridized carbons (Fsp3) is 0.500. The second kappa shape index (κ2) is 4.53. The first-order valence-corrected chi connectivity index (χ1v) is 6.58. The first kappa shape index (κ1) is 11.6. The van der Waals surface area contributed by atoms with E-state index >= 15 is 0 Å². The van der Waals surface area contributed by atoms with Crippen LogP contribution in [0.5, 0.6) is 0 Å². The molecule has 16 heavy (non-hydrogen) atoms. The van der Waals surface area contributed by atoms with Crippen LogP contribution in [0.15, 0.2) is 18.3 Å². The van der Waals surface area contributed by atoms with E-state index in [9.17, 15) is 4.79 Å². The Hall–Kier alpha value is -0.900. The lowest BCUT2D eigenvalue weighted by Crippen LogP contribution is -2.54. The van der Waals surface area contributed by atoms with Gasteiger partial charge in [-0.05, 0) is 38.3 Å². The van der Waals surface area contributed by atoms with E-state index in [0.29, 0.717) is 5.56 Å². The molecule has 0 atom stereocenters. The molecule has 1 aromatic heterocycles. The summed E-state index contributed by atoms with van der Waals surface area (Å²) in [5.74, 6) is -0.0216. The van der Waals surface area contributed by atoms with Gasteiger partial charge in [-0.2, -0.15) is 0 Å². The number of hydrogen-bond acceptors (Lipinski definition) is 2. The highest BCUT2D eigenvalue weighted by atomic mass is 79.9. The highest BCUT2D eigenvalue weighted by Gasteiger charge is 2.37. The number of nitrogens with zero attached hydrogens (tertiary/aromatic N) is 1. The molecule has 1 amide bonds. The van der Waals surface area contributed by atoms with Gasteiger partial charge in [-0.1, -0.05) is 15.9 Å². The molecule has 1 aliphatic carbocycles. The Morgan fingerprint density at radius 2 is 2.31 bits per heavy atom. The first-order chi connectivity index (χ1) is 7.65. The van der Waals surface area contributed by atoms with E-state index in [-0.39, 0.29) is 11.4 Å². The van der Waals surface area contributed by atoms with Gasteiger partial charge >= 0.3 is 0 Å². The summed E-state index contributed by atoms with van der Waals surface area (Å²) in [5.41, 5.74) is 1.54. The van der Waals surface area contributed by atoms with Crippen LogP contribution in [0.25, 0.3) is 0 Å². The maximum Gasteiger partial charge on any atom is 0.253 e. The molecule has 1 N–H and O–H groups in total. The molecule has 1 aliphatic rings. The van der Waals surface area contributed by atoms with Gasteiger partial charge in [0.1, 0.15) is 0 Å². The third-order valence-electron chi connectivity index (χ3n) is 3.12. The number of aryl methyl sites for hydroxylation is 1. The Kier molecular flexibility index (Phi) is 3.28. The quantitative estimate of drug-likeness (QED) is 0.866. The number of rotatable bonds is 3. The summed E-state index contributed by atoms with van der Waals surface area (Å²) >= 11 is 3.47. The average Bonchev–Trinajstić information content (AvgIpc) is 2.24. The fourth-order valence-electron chi connectivity index (χ4n) is 1.81. The molecule has 0 saturated heterocycles. The predicted octanol–water partition coefficient (Wildman–Crippen LogP) is 2.44. The summed E-state index contributed by atoms with van der Waals surface area (Å²) in [6.07, 6.45) is 4.94. The molecule has 3 nitrogen and oxygen atoms in total. The number of nitrogens with one attached hydrogen (secondary N) is 1. The van der Waals surface area contributed by atoms with Gasteiger partial charge in [0, 0.05) is 17.2 Å². The minimum atomic E-state index is -0.0258. The van der Waals surface area contributed by atoms with E-state index in [1.165, 1.54) is 6.42 Å². The van der Waals surface area contributed by atoms with Crippen molar-refractivity contribution in [3.63, 3.8) is 0 Å². The van der Waals surface area contributed by atoms with Crippen LogP contribution in [0, 0.1) is 6.92 Å². The third kappa shape index (κ3) is 2.26. The van der Waals surface area contributed by atoms with Gasteiger partial charge in [-0.25, -0.2) is 0 Å². The normalized spacial score (nSPS) is 17.6. The number of alkyl halides is 1. The van der Waals surface area contributed by atoms with Gasteiger partial charge in [-0.15, -0.1) is 0 Å². The Morgan fingerprint density at radius 3 is 2.75 bits per heavy atom. The molecule has 0 radical (unpaired) electrons. The Balaban J connectivity index is 2.05. The number of hydrogen-bond donors (Lipinski definition) is 1. The van der Waals surface area contributed by atoms with Crippen LogP contribution in [0.2, 0.25) is 0 Å². The SMILES string of the molecule is Cc1ccc(C(=O)NC2(CBr)CCC2)cn1. The summed E-state index contributed by atoms with van der Waals surface area (Å²) in [5, 5.41) is 3.91. The summed E-state index contributed by atoms with van der Waals surface area (Å²) in [6, 6.07) is 3.68. The van der Waals surface area contributed by atoms with Crippen molar-refractivity contribution >= 4 is 21.8 Å². The molecule has 0 aromatic carbocycles. The van der Waals surface area contributed by atoms with E-state index in [4.69, 9.17) is 0 Å². The van der Waals surface area contributed by atoms with E-state index in [1.807, 2.05) is 19.1 Å². The van der Waals surface area contributed by atoms with Crippen LogP contribution in [0.3, 0.4) is 0 Å². The summed E-state index contributed by atoms with van der Waals surface area (Å²) in [4.78, 5) is 16.1. The average molecular weight is 283 g/mol. The second-order valence-corrected chi connectivity index (χ2v) is 4.97. The molecular weight excluding hydrogens is 268 g/mol. The van der Waals surface area contributed by atoms with Crippen LogP contribution in [-0.2, 0) is 0 Å². The number of aromatic nitrogens is 1. The zero-order chi connectivity index (χ0) is 11.6. The Labute approximate surface area is 104 Å². The van der Waals surface area contributed by atoms with Crippen LogP contribution in [-0.4, -0.2) is 21.8 Å². The van der Waals surface area contributed by atoms with Crippen molar-refractivity contribution < 1.29 is 4.79 Å². The van der Waals surface area contributed by atoms with Gasteiger partial charge in [0.2, 0.25) is 0 Å². The number of halogens is 1. The van der Waals surface area contributed by atoms with Crippen molar-refractivity contribution in [2.24, 2.45) is 0 Å². The number of pyridine rings is 1. The minimum absolute atomic E-state index is 0.0216. The van der Waals surface area contributed by atoms with E-state index in [0.717, 1.165) is 23.9 Å². The molecule has 1 aromatic rings. The minimum Gasteiger partial charge on any atom is -0.346 e. The summed E-state index contributed by atoms with van der Waals surface area (Å²) in [7, 11) is 0. The molecule has 0 unspecified atom stereocenters. The highest BCUT2D eigenvalue weighted by Crippen LogP contribution is 2.33. The zero-order valence-corrected chi connectivity index (χ0v) is 10.9. The topological polar surface area (TPSA) is 42.0 Å². The summed E-state index contributed by atoms with van der Waals surface area (Å²) in [6.45, 7) is 1.91. The van der Waals surface area contributed by atoms with Gasteiger partial charge in [0.05, 0.1) is 11.1 Å². The molecule has 0 bridgehead atoms. The van der Waals surface area contributed by atoms with Crippen molar-refractivity contribution in [3.05, 3.63) is 29.6 Å². The smallest absolute Gasteiger partial charge is 0.253 e. The van der Waals surface area contributed by atoms with Crippen LogP contribution in [0.4, 0.5) is 0 Å². The van der Waals surface area contributed by atoms with Crippen molar-refractivity contribution in [3.8, 4) is 0 Å². The number of amides is 1. The van der Waals surface area contributed by atoms with Crippen LogP contribution < -0.4 is 5.32 Å². The molecule has 0 aliphatic heterocycles. The summed E-state index contributed by atoms with van der Waals surface area (Å²) < 4.78 is 0. The van der Waals surface area contributed by atoms with Gasteiger partial charge in [0.25, 0.3) is 5.91 Å². The first-order valence-electron chi connectivity index (χ1n) is 5.46. The molecule has 0 spiro atoms. The molecule has 2 rings (SSSR count). The lowest BCUT2D eigenvalue weighted by Gasteiger charge is -2.41. The number of carbonyl (C=O) groups excluding carboxylic acids is 1. The van der Waals surface area contributed by atoms with Crippen molar-refractivity contribution in [2.75, 3.05) is 5.33 Å². The van der Waals surface area contributed by atoms with Crippen LogP contribution in [0.1, 0.15) is 35.3 Å². The van der Waals surface area contributed by atoms with E-state index < -0.39 is 0 Å². The van der Waals surface area contributed by atoms with E-state index in [1.54, 1.807) is 6.20 Å². The maximum absolute atomic E-state index is 12.0. The second-order valence-electron chi connectivity index (χ2n) is 4.41. The molecule has 1 fully saturated rings. The van der Waals surface area contributed by atoms with Gasteiger partial charge < -0.3 is 5.32 Å². The lowest BCUT2D eigenvalue weighted by atomic mass is 9.78. The van der Waals surface area contributed by atoms with Gasteiger partial charge in [-0.3, -0.25) is 9.78 Å². The molecular formula is C12H15BrN2O. The standard InChI is InChI=1S/C12H15BrN2O/c1-9-3-4-10(7-14-9)11(16)15-12(8-13)5-2-6-12/h3-4,7H,2,5-6,8H2,1H3,(H,15,16). The van der Waals surface area contributed by atoms with Crippen LogP contribution >= 0.6 is 15.9 Å². The predicted molar refractivity (Wildman–Crippen MR) is 66.8 cm³/mol. The fourth-order valence-corrected chi connectivity index (χ4v) is 2.51. The molecule has 4 heteroatoms. The zero-order valence-electron chi connectivity index (χ0n) is 9.29. The molecule has 1 heterocycles.